The lowest BCUT2D eigenvalue weighted by Gasteiger charge is -2.10. The molecule has 1 aromatic heterocycles. The first kappa shape index (κ1) is 9.78. The highest BCUT2D eigenvalue weighted by molar-refractivity contribution is 5.95. The number of hydrogen-bond acceptors (Lipinski definition) is 2. The van der Waals surface area contributed by atoms with Gasteiger partial charge in [-0.15, -0.1) is 6.42 Å². The second-order valence-corrected chi connectivity index (χ2v) is 3.76. The molecule has 0 saturated carbocycles. The van der Waals surface area contributed by atoms with Crippen LogP contribution in [0.15, 0.2) is 0 Å². The van der Waals surface area contributed by atoms with Crippen molar-refractivity contribution >= 4 is 5.84 Å². The van der Waals surface area contributed by atoms with Gasteiger partial charge in [0.25, 0.3) is 0 Å². The van der Waals surface area contributed by atoms with Crippen molar-refractivity contribution in [1.82, 2.24) is 9.78 Å². The zero-order chi connectivity index (χ0) is 10.8. The Morgan fingerprint density at radius 3 is 2.93 bits per heavy atom. The number of aryl methyl sites for hydroxylation is 1. The quantitative estimate of drug-likeness (QED) is 0.420. The van der Waals surface area contributed by atoms with Crippen molar-refractivity contribution in [2.75, 3.05) is 0 Å². The summed E-state index contributed by atoms with van der Waals surface area (Å²) in [4.78, 5) is 0. The first-order valence-corrected chi connectivity index (χ1v) is 5.10. The molecule has 1 aromatic rings. The number of fused-ring (bicyclic) bond motifs is 1. The summed E-state index contributed by atoms with van der Waals surface area (Å²) in [5.74, 6) is 2.61. The smallest absolute Gasteiger partial charge is 0.141 e. The summed E-state index contributed by atoms with van der Waals surface area (Å²) in [6.07, 6.45) is 9.52. The van der Waals surface area contributed by atoms with E-state index in [1.807, 2.05) is 0 Å². The molecule has 1 aliphatic carbocycles. The van der Waals surface area contributed by atoms with Crippen LogP contribution in [-0.2, 0) is 19.4 Å². The number of aromatic nitrogens is 2. The molecule has 1 heterocycles. The highest BCUT2D eigenvalue weighted by atomic mass is 15.3. The SMILES string of the molecule is C#CCn1nc2c(c1C(=N)N)CCCC2. The maximum Gasteiger partial charge on any atom is 0.141 e. The molecule has 0 spiro atoms. The number of terminal acetylenes is 1. The molecule has 4 heteroatoms. The molecule has 0 atom stereocenters. The van der Waals surface area contributed by atoms with Crippen LogP contribution in [0.1, 0.15) is 29.8 Å². The fourth-order valence-corrected chi connectivity index (χ4v) is 2.11. The van der Waals surface area contributed by atoms with Gasteiger partial charge in [-0.25, -0.2) is 4.68 Å². The van der Waals surface area contributed by atoms with Crippen molar-refractivity contribution in [3.63, 3.8) is 0 Å². The fraction of sp³-hybridized carbons (Fsp3) is 0.455. The molecule has 3 N–H and O–H groups in total. The Morgan fingerprint density at radius 1 is 1.53 bits per heavy atom. The van der Waals surface area contributed by atoms with Crippen LogP contribution in [0, 0.1) is 17.8 Å². The second kappa shape index (κ2) is 3.77. The number of nitrogens with zero attached hydrogens (tertiary/aromatic N) is 2. The van der Waals surface area contributed by atoms with Crippen LogP contribution in [0.5, 0.6) is 0 Å². The van der Waals surface area contributed by atoms with Gasteiger partial charge in [-0.2, -0.15) is 5.10 Å². The minimum Gasteiger partial charge on any atom is -0.382 e. The van der Waals surface area contributed by atoms with Gasteiger partial charge >= 0.3 is 0 Å². The van der Waals surface area contributed by atoms with Crippen molar-refractivity contribution in [3.8, 4) is 12.3 Å². The lowest BCUT2D eigenvalue weighted by molar-refractivity contribution is 0.654. The van der Waals surface area contributed by atoms with Crippen molar-refractivity contribution in [2.24, 2.45) is 5.73 Å². The predicted octanol–water partition coefficient (Wildman–Crippen LogP) is 0.679. The third-order valence-electron chi connectivity index (χ3n) is 2.72. The number of amidine groups is 1. The topological polar surface area (TPSA) is 67.7 Å². The summed E-state index contributed by atoms with van der Waals surface area (Å²) < 4.78 is 1.68. The van der Waals surface area contributed by atoms with E-state index in [0.717, 1.165) is 42.6 Å². The van der Waals surface area contributed by atoms with Gasteiger partial charge in [-0.1, -0.05) is 5.92 Å². The third-order valence-corrected chi connectivity index (χ3v) is 2.72. The van der Waals surface area contributed by atoms with E-state index in [2.05, 4.69) is 11.0 Å². The van der Waals surface area contributed by atoms with Gasteiger partial charge in [0.15, 0.2) is 0 Å². The van der Waals surface area contributed by atoms with Crippen molar-refractivity contribution in [2.45, 2.75) is 32.2 Å². The summed E-state index contributed by atoms with van der Waals surface area (Å²) in [5, 5.41) is 12.0. The molecule has 1 aliphatic rings. The van der Waals surface area contributed by atoms with Crippen LogP contribution in [-0.4, -0.2) is 15.6 Å². The molecule has 4 nitrogen and oxygen atoms in total. The van der Waals surface area contributed by atoms with Gasteiger partial charge in [-0.3, -0.25) is 5.41 Å². The molecule has 0 amide bonds. The van der Waals surface area contributed by atoms with E-state index in [1.165, 1.54) is 0 Å². The van der Waals surface area contributed by atoms with E-state index in [0.29, 0.717) is 6.54 Å². The number of nitrogen functional groups attached to an aromatic ring is 1. The highest BCUT2D eigenvalue weighted by Gasteiger charge is 2.21. The van der Waals surface area contributed by atoms with Crippen molar-refractivity contribution in [1.29, 1.82) is 5.41 Å². The maximum atomic E-state index is 7.56. The van der Waals surface area contributed by atoms with Crippen LogP contribution < -0.4 is 5.73 Å². The molecule has 0 aliphatic heterocycles. The van der Waals surface area contributed by atoms with Crippen molar-refractivity contribution < 1.29 is 0 Å². The molecule has 0 saturated heterocycles. The van der Waals surface area contributed by atoms with E-state index in [4.69, 9.17) is 17.6 Å². The number of nitrogens with one attached hydrogen (secondary N) is 1. The minimum absolute atomic E-state index is 0.0703. The highest BCUT2D eigenvalue weighted by Crippen LogP contribution is 2.23. The Kier molecular flexibility index (Phi) is 2.46. The summed E-state index contributed by atoms with van der Waals surface area (Å²) in [6, 6.07) is 0. The van der Waals surface area contributed by atoms with E-state index in [9.17, 15) is 0 Å². The summed E-state index contributed by atoms with van der Waals surface area (Å²) in [5.41, 5.74) is 8.49. The largest absolute Gasteiger partial charge is 0.382 e. The number of nitrogens with two attached hydrogens (primary N) is 1. The minimum atomic E-state index is 0.0703. The Morgan fingerprint density at radius 2 is 2.27 bits per heavy atom. The Labute approximate surface area is 89.0 Å². The molecular weight excluding hydrogens is 188 g/mol. The lowest BCUT2D eigenvalue weighted by Crippen LogP contribution is -2.19. The van der Waals surface area contributed by atoms with E-state index in [1.54, 1.807) is 4.68 Å². The first-order valence-electron chi connectivity index (χ1n) is 5.10. The van der Waals surface area contributed by atoms with Gasteiger partial charge in [0.05, 0.1) is 5.69 Å². The van der Waals surface area contributed by atoms with Crippen LogP contribution in [0.2, 0.25) is 0 Å². The zero-order valence-electron chi connectivity index (χ0n) is 8.58. The molecule has 0 bridgehead atoms. The molecule has 0 radical (unpaired) electrons. The van der Waals surface area contributed by atoms with Gasteiger partial charge in [-0.05, 0) is 25.7 Å². The molecular formula is C11H14N4. The third kappa shape index (κ3) is 1.61. The fourth-order valence-electron chi connectivity index (χ4n) is 2.11. The molecule has 0 unspecified atom stereocenters. The Hall–Kier alpha value is -1.76. The average Bonchev–Trinajstić information content (AvgIpc) is 2.56. The molecule has 0 fully saturated rings. The van der Waals surface area contributed by atoms with Crippen LogP contribution in [0.3, 0.4) is 0 Å². The monoisotopic (exact) mass is 202 g/mol. The summed E-state index contributed by atoms with van der Waals surface area (Å²) in [7, 11) is 0. The van der Waals surface area contributed by atoms with Gasteiger partial charge in [0, 0.05) is 5.56 Å². The summed E-state index contributed by atoms with van der Waals surface area (Å²) in [6.45, 7) is 0.391. The standard InChI is InChI=1S/C11H14N4/c1-2-7-15-10(11(12)13)8-5-3-4-6-9(8)14-15/h1H,3-7H2,(H3,12,13). The van der Waals surface area contributed by atoms with E-state index < -0.39 is 0 Å². The van der Waals surface area contributed by atoms with Crippen LogP contribution in [0.25, 0.3) is 0 Å². The predicted molar refractivity (Wildman–Crippen MR) is 58.7 cm³/mol. The van der Waals surface area contributed by atoms with Crippen molar-refractivity contribution in [3.05, 3.63) is 17.0 Å². The molecule has 2 rings (SSSR count). The average molecular weight is 202 g/mol. The normalized spacial score (nSPS) is 14.3. The van der Waals surface area contributed by atoms with Crippen LogP contribution in [0.4, 0.5) is 0 Å². The van der Waals surface area contributed by atoms with Gasteiger partial charge < -0.3 is 5.73 Å². The zero-order valence-corrected chi connectivity index (χ0v) is 8.58. The first-order chi connectivity index (χ1) is 7.24. The Bertz CT molecular complexity index is 436. The van der Waals surface area contributed by atoms with Gasteiger partial charge in [0.1, 0.15) is 18.1 Å². The second-order valence-electron chi connectivity index (χ2n) is 3.76. The summed E-state index contributed by atoms with van der Waals surface area (Å²) >= 11 is 0. The van der Waals surface area contributed by atoms with Crippen LogP contribution >= 0.6 is 0 Å². The molecule has 0 aromatic carbocycles. The Balaban J connectivity index is 2.51. The lowest BCUT2D eigenvalue weighted by atomic mass is 9.95. The van der Waals surface area contributed by atoms with E-state index in [-0.39, 0.29) is 5.84 Å². The van der Waals surface area contributed by atoms with Gasteiger partial charge in [0.2, 0.25) is 0 Å². The number of rotatable bonds is 2. The maximum absolute atomic E-state index is 7.56. The van der Waals surface area contributed by atoms with E-state index >= 15 is 0 Å². The molecule has 78 valence electrons. The number of hydrogen-bond donors (Lipinski definition) is 2. The molecule has 15 heavy (non-hydrogen) atoms.